The fraction of sp³-hybridized carbons (Fsp3) is 0.0769. The second-order valence-electron chi connectivity index (χ2n) is 4.14. The first-order chi connectivity index (χ1) is 9.83. The Morgan fingerprint density at radius 2 is 1.95 bits per heavy atom. The first-order valence-electron chi connectivity index (χ1n) is 5.75. The highest BCUT2D eigenvalue weighted by atomic mass is 35.5. The quantitative estimate of drug-likeness (QED) is 0.845. The Morgan fingerprint density at radius 3 is 2.57 bits per heavy atom. The van der Waals surface area contributed by atoms with E-state index in [2.05, 4.69) is 4.72 Å². The average Bonchev–Trinajstić information content (AvgIpc) is 2.40. The van der Waals surface area contributed by atoms with Crippen molar-refractivity contribution in [1.82, 2.24) is 0 Å². The number of benzene rings is 2. The summed E-state index contributed by atoms with van der Waals surface area (Å²) in [5.74, 6) is -0.413. The minimum absolute atomic E-state index is 0.0502. The minimum Gasteiger partial charge on any atom is -0.497 e. The molecule has 2 aromatic rings. The van der Waals surface area contributed by atoms with Gasteiger partial charge in [-0.05, 0) is 30.3 Å². The van der Waals surface area contributed by atoms with Crippen molar-refractivity contribution in [1.29, 1.82) is 0 Å². The zero-order valence-corrected chi connectivity index (χ0v) is 12.5. The molecule has 0 amide bonds. The van der Waals surface area contributed by atoms with Gasteiger partial charge in [-0.3, -0.25) is 4.72 Å². The lowest BCUT2D eigenvalue weighted by molar-refractivity contribution is 0.414. The second-order valence-corrected chi connectivity index (χ2v) is 6.20. The minimum atomic E-state index is -4.04. The molecule has 0 saturated heterocycles. The molecule has 0 bridgehead atoms. The Balaban J connectivity index is 2.42. The summed E-state index contributed by atoms with van der Waals surface area (Å²) < 4.78 is 45.2. The van der Waals surface area contributed by atoms with Crippen molar-refractivity contribution in [3.05, 3.63) is 47.2 Å². The van der Waals surface area contributed by atoms with Crippen molar-refractivity contribution in [3.8, 4) is 5.75 Å². The predicted molar refractivity (Wildman–Crippen MR) is 79.6 cm³/mol. The standard InChI is InChI=1S/C13H12ClFN2O3S/c1-20-9-3-4-11(15)12(7-9)17-21(18,19)13-5-2-8(16)6-10(13)14/h2-7,17H,16H2,1H3. The Kier molecular flexibility index (Phi) is 4.24. The summed E-state index contributed by atoms with van der Waals surface area (Å²) in [5, 5.41) is -0.0502. The van der Waals surface area contributed by atoms with Crippen LogP contribution in [-0.2, 0) is 10.0 Å². The van der Waals surface area contributed by atoms with Gasteiger partial charge in [0.05, 0.1) is 17.8 Å². The van der Waals surface area contributed by atoms with Gasteiger partial charge in [0, 0.05) is 11.8 Å². The molecule has 21 heavy (non-hydrogen) atoms. The molecule has 2 rings (SSSR count). The maximum Gasteiger partial charge on any atom is 0.263 e. The third-order valence-corrected chi connectivity index (χ3v) is 4.51. The summed E-state index contributed by atoms with van der Waals surface area (Å²) in [6, 6.07) is 7.65. The van der Waals surface area contributed by atoms with Gasteiger partial charge >= 0.3 is 0 Å². The van der Waals surface area contributed by atoms with Crippen LogP contribution in [-0.4, -0.2) is 15.5 Å². The van der Waals surface area contributed by atoms with Crippen molar-refractivity contribution >= 4 is 33.0 Å². The molecule has 3 N–H and O–H groups in total. The number of sulfonamides is 1. The van der Waals surface area contributed by atoms with E-state index in [-0.39, 0.29) is 15.6 Å². The highest BCUT2D eigenvalue weighted by molar-refractivity contribution is 7.92. The molecule has 0 aliphatic heterocycles. The van der Waals surface area contributed by atoms with E-state index in [4.69, 9.17) is 22.1 Å². The molecule has 0 atom stereocenters. The van der Waals surface area contributed by atoms with E-state index < -0.39 is 15.8 Å². The van der Waals surface area contributed by atoms with E-state index >= 15 is 0 Å². The Labute approximate surface area is 126 Å². The van der Waals surface area contributed by atoms with E-state index in [0.717, 1.165) is 6.07 Å². The van der Waals surface area contributed by atoms with Crippen LogP contribution in [0.25, 0.3) is 0 Å². The maximum atomic E-state index is 13.7. The average molecular weight is 331 g/mol. The SMILES string of the molecule is COc1ccc(F)c(NS(=O)(=O)c2ccc(N)cc2Cl)c1. The van der Waals surface area contributed by atoms with E-state index in [0.29, 0.717) is 11.4 Å². The second kappa shape index (κ2) is 5.79. The summed E-state index contributed by atoms with van der Waals surface area (Å²) in [7, 11) is -2.65. The van der Waals surface area contributed by atoms with Gasteiger partial charge in [-0.25, -0.2) is 12.8 Å². The number of nitrogens with one attached hydrogen (secondary N) is 1. The molecular weight excluding hydrogens is 319 g/mol. The first-order valence-corrected chi connectivity index (χ1v) is 7.61. The molecule has 2 aromatic carbocycles. The van der Waals surface area contributed by atoms with Crippen LogP contribution < -0.4 is 15.2 Å². The van der Waals surface area contributed by atoms with Crippen LogP contribution in [0, 0.1) is 5.82 Å². The fourth-order valence-electron chi connectivity index (χ4n) is 1.64. The Hall–Kier alpha value is -1.99. The van der Waals surface area contributed by atoms with E-state index in [9.17, 15) is 12.8 Å². The van der Waals surface area contributed by atoms with Gasteiger partial charge in [0.2, 0.25) is 0 Å². The van der Waals surface area contributed by atoms with Crippen LogP contribution in [0.15, 0.2) is 41.3 Å². The van der Waals surface area contributed by atoms with E-state index in [1.54, 1.807) is 0 Å². The number of hydrogen-bond acceptors (Lipinski definition) is 4. The number of anilines is 2. The number of nitrogens with two attached hydrogens (primary N) is 1. The van der Waals surface area contributed by atoms with Crippen LogP contribution in [0.5, 0.6) is 5.75 Å². The van der Waals surface area contributed by atoms with E-state index in [1.165, 1.54) is 37.4 Å². The summed E-state index contributed by atoms with van der Waals surface area (Å²) in [6.45, 7) is 0. The van der Waals surface area contributed by atoms with Gasteiger partial charge in [-0.15, -0.1) is 0 Å². The molecule has 0 spiro atoms. The molecule has 8 heteroatoms. The highest BCUT2D eigenvalue weighted by Crippen LogP contribution is 2.28. The first kappa shape index (κ1) is 15.4. The lowest BCUT2D eigenvalue weighted by Crippen LogP contribution is -2.14. The highest BCUT2D eigenvalue weighted by Gasteiger charge is 2.20. The molecule has 0 radical (unpaired) electrons. The number of ether oxygens (including phenoxy) is 1. The summed E-state index contributed by atoms with van der Waals surface area (Å²) in [6.07, 6.45) is 0. The van der Waals surface area contributed by atoms with Crippen molar-refractivity contribution in [2.75, 3.05) is 17.6 Å². The number of nitrogen functional groups attached to an aromatic ring is 1. The van der Waals surface area contributed by atoms with Crippen LogP contribution in [0.1, 0.15) is 0 Å². The predicted octanol–water partition coefficient (Wildman–Crippen LogP) is 2.87. The number of rotatable bonds is 4. The number of methoxy groups -OCH3 is 1. The molecule has 5 nitrogen and oxygen atoms in total. The van der Waals surface area contributed by atoms with E-state index in [1.807, 2.05) is 0 Å². The maximum absolute atomic E-state index is 13.7. The largest absolute Gasteiger partial charge is 0.497 e. The zero-order chi connectivity index (χ0) is 15.6. The van der Waals surface area contributed by atoms with Gasteiger partial charge in [-0.2, -0.15) is 0 Å². The van der Waals surface area contributed by atoms with Crippen LogP contribution in [0.4, 0.5) is 15.8 Å². The van der Waals surface area contributed by atoms with Crippen molar-refractivity contribution in [2.24, 2.45) is 0 Å². The van der Waals surface area contributed by atoms with Gasteiger partial charge < -0.3 is 10.5 Å². The summed E-state index contributed by atoms with van der Waals surface area (Å²) >= 11 is 5.86. The number of halogens is 2. The molecular formula is C13H12ClFN2O3S. The third kappa shape index (κ3) is 3.37. The van der Waals surface area contributed by atoms with Crippen molar-refractivity contribution in [2.45, 2.75) is 4.90 Å². The zero-order valence-electron chi connectivity index (χ0n) is 10.9. The molecule has 0 aromatic heterocycles. The van der Waals surface area contributed by atoms with Crippen molar-refractivity contribution in [3.63, 3.8) is 0 Å². The number of hydrogen-bond donors (Lipinski definition) is 2. The Bertz CT molecular complexity index is 781. The Morgan fingerprint density at radius 1 is 1.24 bits per heavy atom. The summed E-state index contributed by atoms with van der Waals surface area (Å²) in [5.41, 5.74) is 5.60. The van der Waals surface area contributed by atoms with Gasteiger partial charge in [0.15, 0.2) is 0 Å². The fourth-order valence-corrected chi connectivity index (χ4v) is 3.26. The molecule has 0 unspecified atom stereocenters. The van der Waals surface area contributed by atoms with Crippen LogP contribution in [0.3, 0.4) is 0 Å². The molecule has 0 heterocycles. The van der Waals surface area contributed by atoms with Gasteiger partial charge in [-0.1, -0.05) is 11.6 Å². The van der Waals surface area contributed by atoms with Gasteiger partial charge in [0.25, 0.3) is 10.0 Å². The van der Waals surface area contributed by atoms with Crippen LogP contribution >= 0.6 is 11.6 Å². The normalized spacial score (nSPS) is 11.2. The topological polar surface area (TPSA) is 81.4 Å². The van der Waals surface area contributed by atoms with Crippen LogP contribution in [0.2, 0.25) is 5.02 Å². The van der Waals surface area contributed by atoms with Gasteiger partial charge in [0.1, 0.15) is 16.5 Å². The molecule has 0 fully saturated rings. The lowest BCUT2D eigenvalue weighted by atomic mass is 10.3. The smallest absolute Gasteiger partial charge is 0.263 e. The molecule has 112 valence electrons. The monoisotopic (exact) mass is 330 g/mol. The van der Waals surface area contributed by atoms with Crippen molar-refractivity contribution < 1.29 is 17.5 Å². The molecule has 0 saturated carbocycles. The summed E-state index contributed by atoms with van der Waals surface area (Å²) in [4.78, 5) is -0.194. The molecule has 0 aliphatic carbocycles. The lowest BCUT2D eigenvalue weighted by Gasteiger charge is -2.11. The molecule has 0 aliphatic rings. The third-order valence-electron chi connectivity index (χ3n) is 2.66.